The molecule has 0 aliphatic carbocycles. The molecule has 0 radical (unpaired) electrons. The summed E-state index contributed by atoms with van der Waals surface area (Å²) in [6, 6.07) is 4.82. The Labute approximate surface area is 108 Å². The fourth-order valence-corrected chi connectivity index (χ4v) is 1.81. The van der Waals surface area contributed by atoms with Crippen molar-refractivity contribution in [2.75, 3.05) is 18.5 Å². The molecule has 94 valence electrons. The quantitative estimate of drug-likeness (QED) is 0.670. The number of halogens is 1. The fourth-order valence-electron chi connectivity index (χ4n) is 1.46. The van der Waals surface area contributed by atoms with Crippen molar-refractivity contribution in [3.8, 4) is 0 Å². The minimum absolute atomic E-state index is 0.0706. The van der Waals surface area contributed by atoms with E-state index in [0.29, 0.717) is 18.7 Å². The van der Waals surface area contributed by atoms with Crippen molar-refractivity contribution in [2.24, 2.45) is 0 Å². The van der Waals surface area contributed by atoms with Crippen LogP contribution in [0.15, 0.2) is 22.7 Å². The summed E-state index contributed by atoms with van der Waals surface area (Å²) in [7, 11) is 1.77. The molecule has 6 heteroatoms. The lowest BCUT2D eigenvalue weighted by molar-refractivity contribution is -0.384. The summed E-state index contributed by atoms with van der Waals surface area (Å²) in [4.78, 5) is 12.3. The van der Waals surface area contributed by atoms with Gasteiger partial charge in [-0.25, -0.2) is 0 Å². The zero-order valence-electron chi connectivity index (χ0n) is 9.76. The van der Waals surface area contributed by atoms with Crippen molar-refractivity contribution < 1.29 is 10.0 Å². The molecule has 0 spiro atoms. The monoisotopic (exact) mass is 302 g/mol. The van der Waals surface area contributed by atoms with Gasteiger partial charge in [0.1, 0.15) is 5.69 Å². The van der Waals surface area contributed by atoms with Crippen molar-refractivity contribution in [3.05, 3.63) is 32.8 Å². The predicted molar refractivity (Wildman–Crippen MR) is 70.4 cm³/mol. The van der Waals surface area contributed by atoms with E-state index in [1.807, 2.05) is 0 Å². The first-order valence-corrected chi connectivity index (χ1v) is 6.04. The second-order valence-electron chi connectivity index (χ2n) is 3.95. The largest absolute Gasteiger partial charge is 0.393 e. The van der Waals surface area contributed by atoms with E-state index in [0.717, 1.165) is 4.47 Å². The third kappa shape index (κ3) is 3.98. The minimum Gasteiger partial charge on any atom is -0.393 e. The van der Waals surface area contributed by atoms with E-state index >= 15 is 0 Å². The first-order valence-electron chi connectivity index (χ1n) is 5.25. The summed E-state index contributed by atoms with van der Waals surface area (Å²) in [5.74, 6) is 0. The molecule has 0 aliphatic heterocycles. The van der Waals surface area contributed by atoms with Crippen LogP contribution in [0.3, 0.4) is 0 Å². The van der Waals surface area contributed by atoms with Crippen molar-refractivity contribution in [1.82, 2.24) is 0 Å². The summed E-state index contributed by atoms with van der Waals surface area (Å²) < 4.78 is 0.794. The average Bonchev–Trinajstić information content (AvgIpc) is 2.25. The van der Waals surface area contributed by atoms with Crippen LogP contribution in [0.1, 0.15) is 13.3 Å². The van der Waals surface area contributed by atoms with Crippen LogP contribution in [-0.2, 0) is 0 Å². The molecule has 0 saturated heterocycles. The van der Waals surface area contributed by atoms with Gasteiger partial charge in [0.05, 0.1) is 11.0 Å². The fraction of sp³-hybridized carbons (Fsp3) is 0.455. The third-order valence-electron chi connectivity index (χ3n) is 2.43. The topological polar surface area (TPSA) is 66.6 Å². The molecule has 5 nitrogen and oxygen atoms in total. The Morgan fingerprint density at radius 1 is 1.59 bits per heavy atom. The van der Waals surface area contributed by atoms with Crippen LogP contribution in [0.2, 0.25) is 0 Å². The Morgan fingerprint density at radius 3 is 2.76 bits per heavy atom. The number of benzene rings is 1. The maximum atomic E-state index is 10.9. The van der Waals surface area contributed by atoms with E-state index in [9.17, 15) is 15.2 Å². The van der Waals surface area contributed by atoms with Crippen LogP contribution in [-0.4, -0.2) is 29.7 Å². The molecule has 0 bridgehead atoms. The Morgan fingerprint density at radius 2 is 2.24 bits per heavy atom. The summed E-state index contributed by atoms with van der Waals surface area (Å²) in [5.41, 5.74) is 0.617. The normalized spacial score (nSPS) is 12.2. The smallest absolute Gasteiger partial charge is 0.292 e. The van der Waals surface area contributed by atoms with Gasteiger partial charge in [-0.15, -0.1) is 0 Å². The highest BCUT2D eigenvalue weighted by molar-refractivity contribution is 9.10. The molecular formula is C11H15BrN2O3. The molecule has 1 N–H and O–H groups in total. The van der Waals surface area contributed by atoms with Gasteiger partial charge >= 0.3 is 0 Å². The highest BCUT2D eigenvalue weighted by Crippen LogP contribution is 2.30. The molecule has 0 aromatic heterocycles. The van der Waals surface area contributed by atoms with Crippen molar-refractivity contribution in [2.45, 2.75) is 19.4 Å². The summed E-state index contributed by atoms with van der Waals surface area (Å²) >= 11 is 3.30. The number of aliphatic hydroxyl groups excluding tert-OH is 1. The number of hydrogen-bond acceptors (Lipinski definition) is 4. The van der Waals surface area contributed by atoms with Crippen molar-refractivity contribution in [3.63, 3.8) is 0 Å². The van der Waals surface area contributed by atoms with E-state index in [1.165, 1.54) is 6.07 Å². The van der Waals surface area contributed by atoms with E-state index < -0.39 is 11.0 Å². The van der Waals surface area contributed by atoms with Crippen molar-refractivity contribution >= 4 is 27.3 Å². The highest BCUT2D eigenvalue weighted by Gasteiger charge is 2.17. The molecule has 1 atom stereocenters. The van der Waals surface area contributed by atoms with Gasteiger partial charge in [-0.1, -0.05) is 15.9 Å². The van der Waals surface area contributed by atoms with Gasteiger partial charge < -0.3 is 10.0 Å². The lowest BCUT2D eigenvalue weighted by Gasteiger charge is -2.20. The predicted octanol–water partition coefficient (Wildman–Crippen LogP) is 2.56. The molecule has 0 heterocycles. The number of nitrogens with zero attached hydrogens (tertiary/aromatic N) is 2. The zero-order chi connectivity index (χ0) is 13.0. The van der Waals surface area contributed by atoms with Crippen LogP contribution in [0.4, 0.5) is 11.4 Å². The Kier molecular flexibility index (Phi) is 4.89. The summed E-state index contributed by atoms with van der Waals surface area (Å²) in [6.45, 7) is 2.26. The minimum atomic E-state index is -0.413. The van der Waals surface area contributed by atoms with Gasteiger partial charge in [0, 0.05) is 24.1 Å². The molecule has 0 fully saturated rings. The summed E-state index contributed by atoms with van der Waals surface area (Å²) in [6.07, 6.45) is 0.156. The molecule has 1 aromatic rings. The molecule has 0 amide bonds. The Balaban J connectivity index is 2.94. The summed E-state index contributed by atoms with van der Waals surface area (Å²) in [5, 5.41) is 20.1. The number of aliphatic hydroxyl groups is 1. The zero-order valence-corrected chi connectivity index (χ0v) is 11.3. The van der Waals surface area contributed by atoms with Crippen LogP contribution < -0.4 is 4.90 Å². The third-order valence-corrected chi connectivity index (χ3v) is 2.92. The van der Waals surface area contributed by atoms with E-state index in [1.54, 1.807) is 31.0 Å². The number of hydrogen-bond donors (Lipinski definition) is 1. The number of nitro benzene ring substituents is 1. The maximum absolute atomic E-state index is 10.9. The number of anilines is 1. The molecule has 1 aromatic carbocycles. The van der Waals surface area contributed by atoms with Gasteiger partial charge in [0.15, 0.2) is 0 Å². The maximum Gasteiger partial charge on any atom is 0.292 e. The second-order valence-corrected chi connectivity index (χ2v) is 4.87. The van der Waals surface area contributed by atoms with Crippen molar-refractivity contribution in [1.29, 1.82) is 0 Å². The van der Waals surface area contributed by atoms with Gasteiger partial charge in [0.2, 0.25) is 0 Å². The molecule has 0 aliphatic rings. The number of nitro groups is 1. The van der Waals surface area contributed by atoms with Gasteiger partial charge in [-0.2, -0.15) is 0 Å². The molecule has 17 heavy (non-hydrogen) atoms. The molecule has 1 unspecified atom stereocenters. The first-order chi connectivity index (χ1) is 7.91. The Bertz CT molecular complexity index is 410. The van der Waals surface area contributed by atoms with Gasteiger partial charge in [0.25, 0.3) is 5.69 Å². The molecule has 1 rings (SSSR count). The van der Waals surface area contributed by atoms with E-state index in [2.05, 4.69) is 15.9 Å². The standard InChI is InChI=1S/C11H15BrN2O3/c1-8(15)5-6-13(2)11-7-9(12)3-4-10(11)14(16)17/h3-4,7-8,15H,5-6H2,1-2H3. The molecular weight excluding hydrogens is 288 g/mol. The van der Waals surface area contributed by atoms with Crippen LogP contribution >= 0.6 is 15.9 Å². The average molecular weight is 303 g/mol. The molecule has 0 saturated carbocycles. The van der Waals surface area contributed by atoms with E-state index in [-0.39, 0.29) is 5.69 Å². The second kappa shape index (κ2) is 5.97. The van der Waals surface area contributed by atoms with Crippen LogP contribution in [0.25, 0.3) is 0 Å². The van der Waals surface area contributed by atoms with Gasteiger partial charge in [-0.3, -0.25) is 10.1 Å². The lowest BCUT2D eigenvalue weighted by Crippen LogP contribution is -2.22. The van der Waals surface area contributed by atoms with Crippen LogP contribution in [0.5, 0.6) is 0 Å². The SMILES string of the molecule is CC(O)CCN(C)c1cc(Br)ccc1[N+](=O)[O-]. The highest BCUT2D eigenvalue weighted by atomic mass is 79.9. The first kappa shape index (κ1) is 13.9. The van der Waals surface area contributed by atoms with Gasteiger partial charge in [-0.05, 0) is 25.5 Å². The number of rotatable bonds is 5. The Hall–Kier alpha value is -1.14. The van der Waals surface area contributed by atoms with Crippen LogP contribution in [0, 0.1) is 10.1 Å². The van der Waals surface area contributed by atoms with E-state index in [4.69, 9.17) is 0 Å². The lowest BCUT2D eigenvalue weighted by atomic mass is 10.2.